The van der Waals surface area contributed by atoms with Crippen LogP contribution in [-0.4, -0.2) is 22.2 Å². The van der Waals surface area contributed by atoms with Crippen LogP contribution in [0.2, 0.25) is 0 Å². The maximum absolute atomic E-state index is 8.98. The van der Waals surface area contributed by atoms with Crippen molar-refractivity contribution in [3.63, 3.8) is 0 Å². The highest BCUT2D eigenvalue weighted by Crippen LogP contribution is 2.21. The molecule has 0 aliphatic heterocycles. The smallest absolute Gasteiger partial charge is 0.128 e. The summed E-state index contributed by atoms with van der Waals surface area (Å²) in [5, 5.41) is 12.3. The van der Waals surface area contributed by atoms with Crippen molar-refractivity contribution >= 4 is 11.5 Å². The number of aromatic nitrogens is 1. The second-order valence-corrected chi connectivity index (χ2v) is 3.99. The van der Waals surface area contributed by atoms with Crippen molar-refractivity contribution in [1.29, 1.82) is 0 Å². The van der Waals surface area contributed by atoms with Gasteiger partial charge in [-0.1, -0.05) is 6.92 Å². The summed E-state index contributed by atoms with van der Waals surface area (Å²) in [4.78, 5) is 4.18. The lowest BCUT2D eigenvalue weighted by molar-refractivity contribution is 0.252. The van der Waals surface area contributed by atoms with Crippen molar-refractivity contribution in [1.82, 2.24) is 4.98 Å². The molecule has 0 radical (unpaired) electrons. The Bertz CT molecular complexity index is 316. The summed E-state index contributed by atoms with van der Waals surface area (Å²) in [5.41, 5.74) is 6.22. The third kappa shape index (κ3) is 3.40. The van der Waals surface area contributed by atoms with Crippen LogP contribution in [0.25, 0.3) is 0 Å². The van der Waals surface area contributed by atoms with Crippen molar-refractivity contribution < 1.29 is 5.11 Å². The highest BCUT2D eigenvalue weighted by atomic mass is 16.3. The van der Waals surface area contributed by atoms with Crippen LogP contribution in [0.1, 0.15) is 26.7 Å². The van der Waals surface area contributed by atoms with E-state index in [2.05, 4.69) is 24.1 Å². The molecule has 0 aliphatic carbocycles. The molecule has 0 saturated heterocycles. The zero-order valence-electron chi connectivity index (χ0n) is 9.33. The molecule has 4 N–H and O–H groups in total. The predicted molar refractivity (Wildman–Crippen MR) is 62.7 cm³/mol. The van der Waals surface area contributed by atoms with Crippen LogP contribution < -0.4 is 11.1 Å². The molecule has 0 spiro atoms. The number of hydrogen-bond acceptors (Lipinski definition) is 4. The highest BCUT2D eigenvalue weighted by molar-refractivity contribution is 5.49. The summed E-state index contributed by atoms with van der Waals surface area (Å²) < 4.78 is 0. The van der Waals surface area contributed by atoms with Gasteiger partial charge in [0.1, 0.15) is 5.82 Å². The molecule has 1 aromatic heterocycles. The van der Waals surface area contributed by atoms with Crippen molar-refractivity contribution in [3.8, 4) is 0 Å². The molecule has 1 rings (SSSR count). The molecule has 15 heavy (non-hydrogen) atoms. The minimum Gasteiger partial charge on any atom is -0.399 e. The Labute approximate surface area is 90.5 Å². The molecule has 0 bridgehead atoms. The van der Waals surface area contributed by atoms with Gasteiger partial charge in [-0.05, 0) is 25.8 Å². The molecule has 1 aromatic rings. The SMILES string of the molecule is CCC(C)(CCO)Nc1cc(N)ccn1. The Morgan fingerprint density at radius 1 is 1.60 bits per heavy atom. The first kappa shape index (κ1) is 11.8. The fourth-order valence-corrected chi connectivity index (χ4v) is 1.40. The first-order valence-electron chi connectivity index (χ1n) is 5.20. The molecule has 0 saturated carbocycles. The van der Waals surface area contributed by atoms with E-state index in [-0.39, 0.29) is 12.1 Å². The average Bonchev–Trinajstić information content (AvgIpc) is 2.18. The van der Waals surface area contributed by atoms with Gasteiger partial charge in [0, 0.05) is 30.1 Å². The number of rotatable bonds is 5. The quantitative estimate of drug-likeness (QED) is 0.689. The Balaban J connectivity index is 2.74. The topological polar surface area (TPSA) is 71.2 Å². The molecule has 0 aliphatic rings. The standard InChI is InChI=1S/C11H19N3O/c1-3-11(2,5-7-15)14-10-8-9(12)4-6-13-10/h4,6,8,15H,3,5,7H2,1-2H3,(H3,12,13,14). The first-order chi connectivity index (χ1) is 7.09. The number of aliphatic hydroxyl groups excluding tert-OH is 1. The van der Waals surface area contributed by atoms with Gasteiger partial charge >= 0.3 is 0 Å². The molecule has 1 atom stereocenters. The van der Waals surface area contributed by atoms with Crippen LogP contribution in [0.4, 0.5) is 11.5 Å². The Hall–Kier alpha value is -1.29. The van der Waals surface area contributed by atoms with Gasteiger partial charge in [-0.3, -0.25) is 0 Å². The van der Waals surface area contributed by atoms with Crippen molar-refractivity contribution in [3.05, 3.63) is 18.3 Å². The van der Waals surface area contributed by atoms with Gasteiger partial charge in [0.2, 0.25) is 0 Å². The van der Waals surface area contributed by atoms with Crippen LogP contribution in [0, 0.1) is 0 Å². The number of aliphatic hydroxyl groups is 1. The Morgan fingerprint density at radius 3 is 2.87 bits per heavy atom. The van der Waals surface area contributed by atoms with Crippen molar-refractivity contribution in [2.45, 2.75) is 32.2 Å². The van der Waals surface area contributed by atoms with Crippen LogP contribution in [0.15, 0.2) is 18.3 Å². The fourth-order valence-electron chi connectivity index (χ4n) is 1.40. The van der Waals surface area contributed by atoms with Gasteiger partial charge in [0.25, 0.3) is 0 Å². The minimum absolute atomic E-state index is 0.129. The summed E-state index contributed by atoms with van der Waals surface area (Å²) in [6.45, 7) is 4.31. The van der Waals surface area contributed by atoms with E-state index in [9.17, 15) is 0 Å². The number of nitrogen functional groups attached to an aromatic ring is 1. The summed E-state index contributed by atoms with van der Waals surface area (Å²) >= 11 is 0. The first-order valence-corrected chi connectivity index (χ1v) is 5.20. The van der Waals surface area contributed by atoms with E-state index < -0.39 is 0 Å². The molecule has 4 heteroatoms. The van der Waals surface area contributed by atoms with Gasteiger partial charge in [-0.25, -0.2) is 4.98 Å². The summed E-state index contributed by atoms with van der Waals surface area (Å²) in [7, 11) is 0. The summed E-state index contributed by atoms with van der Waals surface area (Å²) in [6.07, 6.45) is 3.29. The molecule has 0 amide bonds. The van der Waals surface area contributed by atoms with E-state index in [1.807, 2.05) is 0 Å². The number of nitrogens with zero attached hydrogens (tertiary/aromatic N) is 1. The van der Waals surface area contributed by atoms with Crippen LogP contribution in [-0.2, 0) is 0 Å². The van der Waals surface area contributed by atoms with Gasteiger partial charge in [0.15, 0.2) is 0 Å². The van der Waals surface area contributed by atoms with Gasteiger partial charge < -0.3 is 16.2 Å². The summed E-state index contributed by atoms with van der Waals surface area (Å²) in [6, 6.07) is 3.55. The van der Waals surface area contributed by atoms with Crippen LogP contribution in [0.5, 0.6) is 0 Å². The summed E-state index contributed by atoms with van der Waals surface area (Å²) in [5.74, 6) is 0.757. The molecule has 0 fully saturated rings. The molecule has 1 heterocycles. The molecular weight excluding hydrogens is 190 g/mol. The zero-order valence-corrected chi connectivity index (χ0v) is 9.33. The predicted octanol–water partition coefficient (Wildman–Crippen LogP) is 1.63. The number of nitrogens with two attached hydrogens (primary N) is 1. The van der Waals surface area contributed by atoms with E-state index in [0.717, 1.165) is 12.2 Å². The largest absolute Gasteiger partial charge is 0.399 e. The minimum atomic E-state index is -0.129. The second-order valence-electron chi connectivity index (χ2n) is 3.99. The van der Waals surface area contributed by atoms with E-state index in [0.29, 0.717) is 12.1 Å². The molecule has 4 nitrogen and oxygen atoms in total. The molecule has 0 aromatic carbocycles. The van der Waals surface area contributed by atoms with Crippen molar-refractivity contribution in [2.24, 2.45) is 0 Å². The Morgan fingerprint density at radius 2 is 2.33 bits per heavy atom. The van der Waals surface area contributed by atoms with Gasteiger partial charge in [0.05, 0.1) is 0 Å². The lowest BCUT2D eigenvalue weighted by Gasteiger charge is -2.29. The number of anilines is 2. The van der Waals surface area contributed by atoms with Gasteiger partial charge in [-0.15, -0.1) is 0 Å². The number of hydrogen-bond donors (Lipinski definition) is 3. The second kappa shape index (κ2) is 4.98. The van der Waals surface area contributed by atoms with Crippen molar-refractivity contribution in [2.75, 3.05) is 17.7 Å². The number of pyridine rings is 1. The molecular formula is C11H19N3O. The monoisotopic (exact) mass is 209 g/mol. The lowest BCUT2D eigenvalue weighted by Crippen LogP contribution is -2.35. The van der Waals surface area contributed by atoms with E-state index >= 15 is 0 Å². The fraction of sp³-hybridized carbons (Fsp3) is 0.545. The third-order valence-electron chi connectivity index (χ3n) is 2.66. The maximum atomic E-state index is 8.98. The molecule has 1 unspecified atom stereocenters. The number of nitrogens with one attached hydrogen (secondary N) is 1. The van der Waals surface area contributed by atoms with Gasteiger partial charge in [-0.2, -0.15) is 0 Å². The Kier molecular flexibility index (Phi) is 3.91. The zero-order chi connectivity index (χ0) is 11.3. The normalized spacial score (nSPS) is 14.6. The van der Waals surface area contributed by atoms with E-state index in [4.69, 9.17) is 10.8 Å². The lowest BCUT2D eigenvalue weighted by atomic mass is 9.95. The van der Waals surface area contributed by atoms with E-state index in [1.54, 1.807) is 18.3 Å². The van der Waals surface area contributed by atoms with Crippen LogP contribution >= 0.6 is 0 Å². The maximum Gasteiger partial charge on any atom is 0.128 e. The molecule has 84 valence electrons. The van der Waals surface area contributed by atoms with E-state index in [1.165, 1.54) is 0 Å². The average molecular weight is 209 g/mol. The highest BCUT2D eigenvalue weighted by Gasteiger charge is 2.21. The third-order valence-corrected chi connectivity index (χ3v) is 2.66. The van der Waals surface area contributed by atoms with Crippen LogP contribution in [0.3, 0.4) is 0 Å².